The lowest BCUT2D eigenvalue weighted by atomic mass is 9.87. The summed E-state index contributed by atoms with van der Waals surface area (Å²) < 4.78 is 41.6. The van der Waals surface area contributed by atoms with E-state index >= 15 is 0 Å². The van der Waals surface area contributed by atoms with Crippen LogP contribution in [0.3, 0.4) is 0 Å². The van der Waals surface area contributed by atoms with E-state index in [1.807, 2.05) is 0 Å². The van der Waals surface area contributed by atoms with Crippen molar-refractivity contribution in [2.45, 2.75) is 58.0 Å². The van der Waals surface area contributed by atoms with E-state index in [0.717, 1.165) is 25.7 Å². The maximum atomic E-state index is 14.0. The van der Waals surface area contributed by atoms with E-state index in [1.165, 1.54) is 12.5 Å². The van der Waals surface area contributed by atoms with Crippen LogP contribution in [0, 0.1) is 5.82 Å². The Bertz CT molecular complexity index is 491. The molecule has 0 aromatic heterocycles. The monoisotopic (exact) mass is 282 g/mol. The lowest BCUT2D eigenvalue weighted by Gasteiger charge is -2.22. The Morgan fingerprint density at radius 2 is 1.85 bits per heavy atom. The van der Waals surface area contributed by atoms with Crippen molar-refractivity contribution < 1.29 is 13.2 Å². The molecule has 20 heavy (non-hydrogen) atoms. The van der Waals surface area contributed by atoms with Crippen LogP contribution in [0.2, 0.25) is 0 Å². The zero-order chi connectivity index (χ0) is 14.5. The largest absolute Gasteiger partial charge is 0.234 e. The van der Waals surface area contributed by atoms with Crippen LogP contribution in [-0.2, 0) is 6.42 Å². The van der Waals surface area contributed by atoms with Crippen molar-refractivity contribution in [2.75, 3.05) is 0 Å². The van der Waals surface area contributed by atoms with Gasteiger partial charge in [0, 0.05) is 5.56 Å². The van der Waals surface area contributed by atoms with Gasteiger partial charge in [0.1, 0.15) is 11.6 Å². The number of benzene rings is 1. The zero-order valence-electron chi connectivity index (χ0n) is 11.9. The SMILES string of the molecule is CCCCCCCC1=C(F)C(F)c2c(F)cccc2C1. The Morgan fingerprint density at radius 1 is 1.10 bits per heavy atom. The second-order valence-electron chi connectivity index (χ2n) is 5.47. The van der Waals surface area contributed by atoms with Gasteiger partial charge in [0.25, 0.3) is 0 Å². The molecule has 0 N–H and O–H groups in total. The Balaban J connectivity index is 2.03. The van der Waals surface area contributed by atoms with Crippen molar-refractivity contribution in [3.05, 3.63) is 46.5 Å². The van der Waals surface area contributed by atoms with Crippen LogP contribution in [0.1, 0.15) is 62.7 Å². The number of halogens is 3. The molecule has 1 unspecified atom stereocenters. The normalized spacial score (nSPS) is 18.3. The van der Waals surface area contributed by atoms with Gasteiger partial charge in [-0.05, 0) is 36.5 Å². The second kappa shape index (κ2) is 6.96. The molecule has 0 spiro atoms. The van der Waals surface area contributed by atoms with Crippen molar-refractivity contribution in [1.29, 1.82) is 0 Å². The Morgan fingerprint density at radius 3 is 2.60 bits per heavy atom. The number of unbranched alkanes of at least 4 members (excludes halogenated alkanes) is 4. The summed E-state index contributed by atoms with van der Waals surface area (Å²) in [6, 6.07) is 4.44. The first-order valence-electron chi connectivity index (χ1n) is 7.44. The third-order valence-corrected chi connectivity index (χ3v) is 3.94. The number of fused-ring (bicyclic) bond motifs is 1. The van der Waals surface area contributed by atoms with Crippen molar-refractivity contribution in [3.63, 3.8) is 0 Å². The van der Waals surface area contributed by atoms with Crippen LogP contribution >= 0.6 is 0 Å². The molecule has 1 aromatic rings. The Hall–Kier alpha value is -1.25. The van der Waals surface area contributed by atoms with Crippen LogP contribution < -0.4 is 0 Å². The van der Waals surface area contributed by atoms with Gasteiger partial charge < -0.3 is 0 Å². The first-order valence-corrected chi connectivity index (χ1v) is 7.44. The molecule has 0 aliphatic heterocycles. The van der Waals surface area contributed by atoms with Gasteiger partial charge in [-0.15, -0.1) is 0 Å². The van der Waals surface area contributed by atoms with E-state index < -0.39 is 17.8 Å². The minimum absolute atomic E-state index is 0.111. The van der Waals surface area contributed by atoms with Crippen LogP contribution in [0.4, 0.5) is 13.2 Å². The quantitative estimate of drug-likeness (QED) is 0.563. The Kier molecular flexibility index (Phi) is 5.27. The Labute approximate surface area is 118 Å². The van der Waals surface area contributed by atoms with Gasteiger partial charge in [-0.25, -0.2) is 13.2 Å². The maximum Gasteiger partial charge on any atom is 0.179 e. The van der Waals surface area contributed by atoms with Crippen LogP contribution in [0.5, 0.6) is 0 Å². The molecule has 0 saturated heterocycles. The van der Waals surface area contributed by atoms with Crippen LogP contribution in [0.25, 0.3) is 0 Å². The van der Waals surface area contributed by atoms with E-state index in [4.69, 9.17) is 0 Å². The summed E-state index contributed by atoms with van der Waals surface area (Å²) in [6.45, 7) is 2.14. The van der Waals surface area contributed by atoms with Crippen molar-refractivity contribution in [2.24, 2.45) is 0 Å². The molecule has 0 nitrogen and oxygen atoms in total. The summed E-state index contributed by atoms with van der Waals surface area (Å²) in [6.07, 6.45) is 4.38. The zero-order valence-corrected chi connectivity index (χ0v) is 11.9. The molecule has 0 amide bonds. The van der Waals surface area contributed by atoms with Gasteiger partial charge >= 0.3 is 0 Å². The van der Waals surface area contributed by atoms with Crippen molar-refractivity contribution in [3.8, 4) is 0 Å². The van der Waals surface area contributed by atoms with Gasteiger partial charge in [0.15, 0.2) is 6.17 Å². The molecule has 0 heterocycles. The highest BCUT2D eigenvalue weighted by Gasteiger charge is 2.30. The third kappa shape index (κ3) is 3.25. The summed E-state index contributed by atoms with van der Waals surface area (Å²) in [5.74, 6) is -1.41. The molecule has 2 rings (SSSR count). The molecule has 1 atom stereocenters. The molecule has 0 saturated carbocycles. The van der Waals surface area contributed by atoms with E-state index in [2.05, 4.69) is 6.92 Å². The minimum atomic E-state index is -1.93. The number of hydrogen-bond acceptors (Lipinski definition) is 0. The van der Waals surface area contributed by atoms with E-state index in [0.29, 0.717) is 24.0 Å². The fourth-order valence-corrected chi connectivity index (χ4v) is 2.79. The molecule has 0 fully saturated rings. The van der Waals surface area contributed by atoms with E-state index in [9.17, 15) is 13.2 Å². The maximum absolute atomic E-state index is 14.0. The molecule has 1 aromatic carbocycles. The highest BCUT2D eigenvalue weighted by molar-refractivity contribution is 5.42. The molecule has 110 valence electrons. The molecule has 0 bridgehead atoms. The highest BCUT2D eigenvalue weighted by atomic mass is 19.2. The summed E-state index contributed by atoms with van der Waals surface area (Å²) >= 11 is 0. The summed E-state index contributed by atoms with van der Waals surface area (Å²) in [5.41, 5.74) is 0.981. The lowest BCUT2D eigenvalue weighted by molar-refractivity contribution is 0.310. The standard InChI is InChI=1S/C17H21F3/c1-2-3-4-5-6-8-13-11-12-9-7-10-14(18)15(12)17(20)16(13)19/h7,9-10,17H,2-6,8,11H2,1H3. The fourth-order valence-electron chi connectivity index (χ4n) is 2.79. The average Bonchev–Trinajstić information content (AvgIpc) is 2.43. The molecular formula is C17H21F3. The molecular weight excluding hydrogens is 261 g/mol. The number of alkyl halides is 1. The number of hydrogen-bond donors (Lipinski definition) is 0. The second-order valence-corrected chi connectivity index (χ2v) is 5.47. The van der Waals surface area contributed by atoms with Gasteiger partial charge in [-0.2, -0.15) is 0 Å². The number of rotatable bonds is 6. The van der Waals surface area contributed by atoms with E-state index in [-0.39, 0.29) is 5.56 Å². The summed E-state index contributed by atoms with van der Waals surface area (Å²) in [5, 5.41) is 0. The van der Waals surface area contributed by atoms with Gasteiger partial charge in [-0.3, -0.25) is 0 Å². The third-order valence-electron chi connectivity index (χ3n) is 3.94. The van der Waals surface area contributed by atoms with Crippen molar-refractivity contribution in [1.82, 2.24) is 0 Å². The summed E-state index contributed by atoms with van der Waals surface area (Å²) in [7, 11) is 0. The van der Waals surface area contributed by atoms with Gasteiger partial charge in [0.05, 0.1) is 0 Å². The topological polar surface area (TPSA) is 0 Å². The number of allylic oxidation sites excluding steroid dienone is 2. The van der Waals surface area contributed by atoms with Crippen LogP contribution in [-0.4, -0.2) is 0 Å². The molecule has 3 heteroatoms. The highest BCUT2D eigenvalue weighted by Crippen LogP contribution is 2.40. The summed E-state index contributed by atoms with van der Waals surface area (Å²) in [4.78, 5) is 0. The van der Waals surface area contributed by atoms with Gasteiger partial charge in [0.2, 0.25) is 0 Å². The first-order chi connectivity index (χ1) is 9.65. The smallest absolute Gasteiger partial charge is 0.179 e. The predicted molar refractivity (Wildman–Crippen MR) is 75.5 cm³/mol. The molecule has 1 aliphatic carbocycles. The van der Waals surface area contributed by atoms with E-state index in [1.54, 1.807) is 12.1 Å². The molecule has 1 aliphatic rings. The van der Waals surface area contributed by atoms with Crippen LogP contribution in [0.15, 0.2) is 29.6 Å². The lowest BCUT2D eigenvalue weighted by Crippen LogP contribution is -2.12. The van der Waals surface area contributed by atoms with Crippen molar-refractivity contribution >= 4 is 0 Å². The minimum Gasteiger partial charge on any atom is -0.234 e. The predicted octanol–water partition coefficient (Wildman–Crippen LogP) is 5.98. The first kappa shape index (κ1) is 15.1. The fraction of sp³-hybridized carbons (Fsp3) is 0.529. The average molecular weight is 282 g/mol. The van der Waals surface area contributed by atoms with Gasteiger partial charge in [-0.1, -0.05) is 44.7 Å². The molecule has 0 radical (unpaired) electrons.